The Morgan fingerprint density at radius 1 is 1.24 bits per heavy atom. The number of hydrogen-bond acceptors (Lipinski definition) is 5. The first-order valence-corrected chi connectivity index (χ1v) is 4.47. The highest BCUT2D eigenvalue weighted by atomic mass is 19.4. The number of nitrogens with zero attached hydrogens (tertiary/aromatic N) is 2. The third-order valence-electron chi connectivity index (χ3n) is 2.07. The molecule has 1 aromatic carbocycles. The van der Waals surface area contributed by atoms with Crippen molar-refractivity contribution >= 4 is 5.84 Å². The van der Waals surface area contributed by atoms with Gasteiger partial charge in [-0.15, -0.1) is 10.6 Å². The molecule has 0 aliphatic carbocycles. The molecule has 0 unspecified atom stereocenters. The van der Waals surface area contributed by atoms with Gasteiger partial charge in [0.1, 0.15) is 0 Å². The van der Waals surface area contributed by atoms with Crippen LogP contribution in [0, 0.1) is 11.3 Å². The number of hydrogen-bond donors (Lipinski definition) is 3. The Labute approximate surface area is 93.9 Å². The summed E-state index contributed by atoms with van der Waals surface area (Å²) < 4.78 is 37.7. The van der Waals surface area contributed by atoms with E-state index in [-0.39, 0.29) is 17.0 Å². The summed E-state index contributed by atoms with van der Waals surface area (Å²) in [6.45, 7) is 0. The fraction of sp³-hybridized carbons (Fsp3) is 0.111. The summed E-state index contributed by atoms with van der Waals surface area (Å²) in [5.74, 6) is 0.188. The highest BCUT2D eigenvalue weighted by Gasteiger charge is 2.31. The summed E-state index contributed by atoms with van der Waals surface area (Å²) in [7, 11) is 0. The topological polar surface area (TPSA) is 72.2 Å². The minimum Gasteiger partial charge on any atom is -0.285 e. The Morgan fingerprint density at radius 3 is 2.53 bits per heavy atom. The first kappa shape index (κ1) is 11.2. The van der Waals surface area contributed by atoms with Gasteiger partial charge in [0, 0.05) is 5.56 Å². The van der Waals surface area contributed by atoms with Gasteiger partial charge >= 0.3 is 6.18 Å². The van der Waals surface area contributed by atoms with E-state index in [1.165, 1.54) is 6.07 Å². The number of hydrazine groups is 2. The van der Waals surface area contributed by atoms with E-state index in [0.717, 1.165) is 12.1 Å². The average molecular weight is 241 g/mol. The van der Waals surface area contributed by atoms with Crippen LogP contribution in [0.4, 0.5) is 13.2 Å². The zero-order valence-electron chi connectivity index (χ0n) is 8.26. The van der Waals surface area contributed by atoms with Crippen LogP contribution >= 0.6 is 0 Å². The summed E-state index contributed by atoms with van der Waals surface area (Å²) >= 11 is 0. The largest absolute Gasteiger partial charge is 0.416 e. The zero-order chi connectivity index (χ0) is 12.5. The summed E-state index contributed by atoms with van der Waals surface area (Å²) in [6, 6.07) is 4.70. The van der Waals surface area contributed by atoms with E-state index in [2.05, 4.69) is 21.6 Å². The minimum absolute atomic E-state index is 0.0776. The van der Waals surface area contributed by atoms with Crippen LogP contribution in [0.1, 0.15) is 16.7 Å². The normalized spacial score (nSPS) is 14.6. The van der Waals surface area contributed by atoms with E-state index in [4.69, 9.17) is 5.26 Å². The smallest absolute Gasteiger partial charge is 0.285 e. The third-order valence-corrected chi connectivity index (χ3v) is 2.07. The van der Waals surface area contributed by atoms with Gasteiger partial charge in [0.15, 0.2) is 5.84 Å². The van der Waals surface area contributed by atoms with Gasteiger partial charge in [0.2, 0.25) is 0 Å². The van der Waals surface area contributed by atoms with Crippen molar-refractivity contribution in [1.29, 1.82) is 5.26 Å². The predicted molar refractivity (Wildman–Crippen MR) is 52.1 cm³/mol. The molecule has 0 aromatic heterocycles. The first-order chi connectivity index (χ1) is 8.00. The highest BCUT2D eigenvalue weighted by Crippen LogP contribution is 2.30. The summed E-state index contributed by atoms with van der Waals surface area (Å²) in [6.07, 6.45) is -4.50. The molecule has 0 saturated heterocycles. The molecule has 1 aliphatic heterocycles. The molecular formula is C9H6F3N5. The molecule has 1 aromatic rings. The van der Waals surface area contributed by atoms with Crippen LogP contribution in [0.2, 0.25) is 0 Å². The number of hydrazone groups is 1. The van der Waals surface area contributed by atoms with Crippen molar-refractivity contribution in [1.82, 2.24) is 16.5 Å². The van der Waals surface area contributed by atoms with E-state index in [1.807, 2.05) is 0 Å². The van der Waals surface area contributed by atoms with Crippen molar-refractivity contribution in [3.05, 3.63) is 34.9 Å². The second kappa shape index (κ2) is 3.95. The van der Waals surface area contributed by atoms with Crippen LogP contribution in [0.5, 0.6) is 0 Å². The highest BCUT2D eigenvalue weighted by molar-refractivity contribution is 5.99. The van der Waals surface area contributed by atoms with Crippen LogP contribution in [0.15, 0.2) is 23.3 Å². The number of nitriles is 1. The van der Waals surface area contributed by atoms with Gasteiger partial charge in [-0.25, -0.2) is 5.53 Å². The number of halogens is 3. The molecule has 1 heterocycles. The van der Waals surface area contributed by atoms with Gasteiger partial charge in [-0.1, -0.05) is 0 Å². The molecule has 1 aliphatic rings. The quantitative estimate of drug-likeness (QED) is 0.681. The Bertz CT molecular complexity index is 514. The Kier molecular flexibility index (Phi) is 2.61. The van der Waals surface area contributed by atoms with Gasteiger partial charge < -0.3 is 0 Å². The number of amidine groups is 1. The molecule has 17 heavy (non-hydrogen) atoms. The van der Waals surface area contributed by atoms with Crippen molar-refractivity contribution < 1.29 is 13.2 Å². The first-order valence-electron chi connectivity index (χ1n) is 4.47. The van der Waals surface area contributed by atoms with Crippen LogP contribution in [0.25, 0.3) is 0 Å². The van der Waals surface area contributed by atoms with E-state index >= 15 is 0 Å². The van der Waals surface area contributed by atoms with Gasteiger partial charge in [-0.05, 0) is 18.2 Å². The molecule has 3 N–H and O–H groups in total. The molecule has 0 bridgehead atoms. The minimum atomic E-state index is -4.50. The van der Waals surface area contributed by atoms with Crippen molar-refractivity contribution in [3.63, 3.8) is 0 Å². The van der Waals surface area contributed by atoms with Crippen LogP contribution in [-0.4, -0.2) is 5.84 Å². The van der Waals surface area contributed by atoms with Gasteiger partial charge in [-0.2, -0.15) is 18.4 Å². The Morgan fingerprint density at radius 2 is 2.00 bits per heavy atom. The Hall–Kier alpha value is -2.27. The van der Waals surface area contributed by atoms with E-state index in [1.54, 1.807) is 6.07 Å². The fourth-order valence-electron chi connectivity index (χ4n) is 1.33. The number of alkyl halides is 3. The molecule has 8 heteroatoms. The third kappa shape index (κ3) is 2.29. The lowest BCUT2D eigenvalue weighted by Crippen LogP contribution is -2.35. The Balaban J connectivity index is 2.50. The van der Waals surface area contributed by atoms with Gasteiger partial charge in [0.25, 0.3) is 0 Å². The molecular weight excluding hydrogens is 235 g/mol. The lowest BCUT2D eigenvalue weighted by molar-refractivity contribution is -0.137. The second-order valence-corrected chi connectivity index (χ2v) is 3.23. The van der Waals surface area contributed by atoms with Crippen LogP contribution in [-0.2, 0) is 6.18 Å². The lowest BCUT2D eigenvalue weighted by Gasteiger charge is -2.09. The van der Waals surface area contributed by atoms with Crippen molar-refractivity contribution in [2.75, 3.05) is 0 Å². The molecule has 0 amide bonds. The molecule has 2 rings (SSSR count). The second-order valence-electron chi connectivity index (χ2n) is 3.23. The molecule has 0 atom stereocenters. The molecule has 0 spiro atoms. The summed E-state index contributed by atoms with van der Waals surface area (Å²) in [5.41, 5.74) is 6.45. The zero-order valence-corrected chi connectivity index (χ0v) is 8.26. The molecule has 5 nitrogen and oxygen atoms in total. The predicted octanol–water partition coefficient (Wildman–Crippen LogP) is 0.851. The van der Waals surface area contributed by atoms with Crippen molar-refractivity contribution in [3.8, 4) is 6.07 Å². The summed E-state index contributed by atoms with van der Waals surface area (Å²) in [4.78, 5) is 0. The fourth-order valence-corrected chi connectivity index (χ4v) is 1.33. The maximum atomic E-state index is 12.6. The SMILES string of the molecule is N#Cc1cc(C2=NNNN2)cc(C(F)(F)F)c1. The maximum Gasteiger partial charge on any atom is 0.416 e. The standard InChI is InChI=1S/C9H6F3N5/c10-9(11,12)7-2-5(4-13)1-6(3-7)8-14-16-17-15-8/h1-3,16-17H,(H,14,15). The van der Waals surface area contributed by atoms with Crippen molar-refractivity contribution in [2.45, 2.75) is 6.18 Å². The maximum absolute atomic E-state index is 12.6. The lowest BCUT2D eigenvalue weighted by atomic mass is 10.1. The van der Waals surface area contributed by atoms with Gasteiger partial charge in [0.05, 0.1) is 17.2 Å². The monoisotopic (exact) mass is 241 g/mol. The number of nitrogens with one attached hydrogen (secondary N) is 3. The number of rotatable bonds is 1. The number of benzene rings is 1. The van der Waals surface area contributed by atoms with Crippen molar-refractivity contribution in [2.24, 2.45) is 5.10 Å². The molecule has 0 radical (unpaired) electrons. The molecule has 0 saturated carbocycles. The van der Waals surface area contributed by atoms with E-state index in [9.17, 15) is 13.2 Å². The molecule has 88 valence electrons. The van der Waals surface area contributed by atoms with E-state index < -0.39 is 11.7 Å². The molecule has 0 fully saturated rings. The summed E-state index contributed by atoms with van der Waals surface area (Å²) in [5, 5.41) is 12.4. The average Bonchev–Trinajstić information content (AvgIpc) is 2.80. The van der Waals surface area contributed by atoms with E-state index in [0.29, 0.717) is 0 Å². The van der Waals surface area contributed by atoms with Gasteiger partial charge in [-0.3, -0.25) is 5.43 Å². The van der Waals surface area contributed by atoms with Crippen LogP contribution < -0.4 is 16.5 Å². The van der Waals surface area contributed by atoms with Crippen LogP contribution in [0.3, 0.4) is 0 Å².